The van der Waals surface area contributed by atoms with Crippen molar-refractivity contribution in [1.82, 2.24) is 20.9 Å². The summed E-state index contributed by atoms with van der Waals surface area (Å²) in [4.78, 5) is 18.4. The van der Waals surface area contributed by atoms with Gasteiger partial charge in [0.05, 0.1) is 0 Å². The average molecular weight is 372 g/mol. The van der Waals surface area contributed by atoms with Crippen molar-refractivity contribution < 1.29 is 4.79 Å². The van der Waals surface area contributed by atoms with Gasteiger partial charge in [-0.3, -0.25) is 14.7 Å². The number of hydrogen-bond acceptors (Lipinski definition) is 3. The summed E-state index contributed by atoms with van der Waals surface area (Å²) in [5.41, 5.74) is 2.62. The highest BCUT2D eigenvalue weighted by atomic mass is 16.2. The zero-order chi connectivity index (χ0) is 18.9. The number of piperidine rings is 1. The lowest BCUT2D eigenvalue weighted by Gasteiger charge is -2.26. The number of guanidine groups is 1. The van der Waals surface area contributed by atoms with Crippen molar-refractivity contribution >= 4 is 11.9 Å². The van der Waals surface area contributed by atoms with Crippen LogP contribution in [0.15, 0.2) is 29.3 Å². The van der Waals surface area contributed by atoms with Crippen molar-refractivity contribution in [3.63, 3.8) is 0 Å². The summed E-state index contributed by atoms with van der Waals surface area (Å²) in [6, 6.07) is 8.84. The smallest absolute Gasteiger partial charge is 0.223 e. The van der Waals surface area contributed by atoms with E-state index in [0.717, 1.165) is 31.9 Å². The van der Waals surface area contributed by atoms with Crippen molar-refractivity contribution in [3.05, 3.63) is 35.4 Å². The molecule has 1 heterocycles. The van der Waals surface area contributed by atoms with Gasteiger partial charge in [-0.05, 0) is 49.9 Å². The summed E-state index contributed by atoms with van der Waals surface area (Å²) in [5, 5.41) is 9.51. The molecule has 1 amide bonds. The number of nitrogens with one attached hydrogen (secondary N) is 3. The van der Waals surface area contributed by atoms with Gasteiger partial charge in [-0.2, -0.15) is 0 Å². The van der Waals surface area contributed by atoms with Crippen LogP contribution < -0.4 is 16.0 Å². The van der Waals surface area contributed by atoms with Gasteiger partial charge >= 0.3 is 0 Å². The average Bonchev–Trinajstić information content (AvgIpc) is 3.55. The first-order valence-electron chi connectivity index (χ1n) is 10.3. The summed E-state index contributed by atoms with van der Waals surface area (Å²) in [5.74, 6) is 1.21. The number of likely N-dealkylation sites (tertiary alicyclic amines) is 1. The molecule has 3 N–H and O–H groups in total. The van der Waals surface area contributed by atoms with Crippen LogP contribution in [0.3, 0.4) is 0 Å². The second-order valence-electron chi connectivity index (χ2n) is 7.57. The second kappa shape index (κ2) is 10.3. The number of amides is 1. The van der Waals surface area contributed by atoms with E-state index in [-0.39, 0.29) is 11.8 Å². The van der Waals surface area contributed by atoms with E-state index in [1.807, 2.05) is 0 Å². The Morgan fingerprint density at radius 2 is 1.67 bits per heavy atom. The lowest BCUT2D eigenvalue weighted by molar-refractivity contribution is -0.122. The van der Waals surface area contributed by atoms with Crippen molar-refractivity contribution in [2.24, 2.45) is 10.9 Å². The SMILES string of the molecule is CN=C(NCCNC(=O)C1CC1)NCc1ccc(CN2CCCCC2)cc1. The van der Waals surface area contributed by atoms with Crippen LogP contribution in [-0.2, 0) is 17.9 Å². The molecule has 0 atom stereocenters. The first kappa shape index (κ1) is 19.7. The highest BCUT2D eigenvalue weighted by molar-refractivity contribution is 5.81. The maximum atomic E-state index is 11.6. The zero-order valence-electron chi connectivity index (χ0n) is 16.5. The summed E-state index contributed by atoms with van der Waals surface area (Å²) in [6.07, 6.45) is 6.12. The number of hydrogen-bond donors (Lipinski definition) is 3. The minimum absolute atomic E-state index is 0.185. The van der Waals surface area contributed by atoms with E-state index in [1.165, 1.54) is 43.5 Å². The minimum Gasteiger partial charge on any atom is -0.355 e. The molecule has 6 heteroatoms. The molecule has 1 aliphatic carbocycles. The number of carbonyl (C=O) groups is 1. The summed E-state index contributed by atoms with van der Waals surface area (Å²) >= 11 is 0. The molecular weight excluding hydrogens is 338 g/mol. The zero-order valence-corrected chi connectivity index (χ0v) is 16.5. The fourth-order valence-electron chi connectivity index (χ4n) is 3.40. The molecule has 1 saturated carbocycles. The minimum atomic E-state index is 0.185. The number of rotatable bonds is 8. The fraction of sp³-hybridized carbons (Fsp3) is 0.619. The van der Waals surface area contributed by atoms with Crippen molar-refractivity contribution in [3.8, 4) is 0 Å². The van der Waals surface area contributed by atoms with Gasteiger partial charge < -0.3 is 16.0 Å². The molecule has 0 unspecified atom stereocenters. The first-order valence-corrected chi connectivity index (χ1v) is 10.3. The van der Waals surface area contributed by atoms with Crippen LogP contribution in [0.5, 0.6) is 0 Å². The molecule has 2 aliphatic rings. The van der Waals surface area contributed by atoms with Crippen LogP contribution in [0.4, 0.5) is 0 Å². The Morgan fingerprint density at radius 1 is 1.00 bits per heavy atom. The third-order valence-corrected chi connectivity index (χ3v) is 5.23. The van der Waals surface area contributed by atoms with Gasteiger partial charge in [0, 0.05) is 39.1 Å². The molecule has 0 aromatic heterocycles. The molecule has 27 heavy (non-hydrogen) atoms. The van der Waals surface area contributed by atoms with E-state index < -0.39 is 0 Å². The van der Waals surface area contributed by atoms with Crippen molar-refractivity contribution in [2.75, 3.05) is 33.2 Å². The molecule has 1 saturated heterocycles. The van der Waals surface area contributed by atoms with Crippen LogP contribution in [0.25, 0.3) is 0 Å². The van der Waals surface area contributed by atoms with Gasteiger partial charge in [-0.1, -0.05) is 30.7 Å². The maximum absolute atomic E-state index is 11.6. The van der Waals surface area contributed by atoms with Gasteiger partial charge in [0.1, 0.15) is 0 Å². The van der Waals surface area contributed by atoms with E-state index in [4.69, 9.17) is 0 Å². The van der Waals surface area contributed by atoms with Crippen LogP contribution in [0.1, 0.15) is 43.2 Å². The molecular formula is C21H33N5O. The van der Waals surface area contributed by atoms with Gasteiger partial charge in [0.2, 0.25) is 5.91 Å². The number of benzene rings is 1. The fourth-order valence-corrected chi connectivity index (χ4v) is 3.40. The molecule has 0 bridgehead atoms. The van der Waals surface area contributed by atoms with Crippen LogP contribution >= 0.6 is 0 Å². The van der Waals surface area contributed by atoms with Crippen LogP contribution in [0, 0.1) is 5.92 Å². The van der Waals surface area contributed by atoms with Gasteiger partial charge in [0.25, 0.3) is 0 Å². The predicted molar refractivity (Wildman–Crippen MR) is 110 cm³/mol. The Hall–Kier alpha value is -2.08. The third kappa shape index (κ3) is 6.86. The lowest BCUT2D eigenvalue weighted by Crippen LogP contribution is -2.41. The van der Waals surface area contributed by atoms with Crippen LogP contribution in [-0.4, -0.2) is 50.0 Å². The molecule has 1 aromatic rings. The Bertz CT molecular complexity index is 618. The Balaban J connectivity index is 1.34. The normalized spacial score (nSPS) is 18.2. The van der Waals surface area contributed by atoms with E-state index >= 15 is 0 Å². The lowest BCUT2D eigenvalue weighted by atomic mass is 10.1. The van der Waals surface area contributed by atoms with E-state index in [1.54, 1.807) is 7.05 Å². The number of nitrogens with zero attached hydrogens (tertiary/aromatic N) is 2. The summed E-state index contributed by atoms with van der Waals surface area (Å²) in [7, 11) is 1.76. The monoisotopic (exact) mass is 371 g/mol. The Kier molecular flexibility index (Phi) is 7.51. The van der Waals surface area contributed by atoms with Gasteiger partial charge in [-0.15, -0.1) is 0 Å². The number of aliphatic imine (C=N–C) groups is 1. The van der Waals surface area contributed by atoms with E-state index in [0.29, 0.717) is 13.1 Å². The highest BCUT2D eigenvalue weighted by Crippen LogP contribution is 2.28. The third-order valence-electron chi connectivity index (χ3n) is 5.23. The van der Waals surface area contributed by atoms with Crippen LogP contribution in [0.2, 0.25) is 0 Å². The highest BCUT2D eigenvalue weighted by Gasteiger charge is 2.28. The largest absolute Gasteiger partial charge is 0.355 e. The van der Waals surface area contributed by atoms with Crippen molar-refractivity contribution in [1.29, 1.82) is 0 Å². The molecule has 1 aromatic carbocycles. The molecule has 3 rings (SSSR count). The molecule has 0 spiro atoms. The summed E-state index contributed by atoms with van der Waals surface area (Å²) in [6.45, 7) is 5.55. The Morgan fingerprint density at radius 3 is 2.33 bits per heavy atom. The molecule has 148 valence electrons. The van der Waals surface area contributed by atoms with Gasteiger partial charge in [-0.25, -0.2) is 0 Å². The first-order chi connectivity index (χ1) is 13.2. The Labute approximate surface area is 162 Å². The molecule has 2 fully saturated rings. The van der Waals surface area contributed by atoms with Gasteiger partial charge in [0.15, 0.2) is 5.96 Å². The number of carbonyl (C=O) groups excluding carboxylic acids is 1. The topological polar surface area (TPSA) is 68.8 Å². The predicted octanol–water partition coefficient (Wildman–Crippen LogP) is 1.86. The standard InChI is InChI=1S/C21H33N5O/c1-22-21(24-12-11-23-20(27)19-9-10-19)25-15-17-5-7-18(8-6-17)16-26-13-3-2-4-14-26/h5-8,19H,2-4,9-16H2,1H3,(H,23,27)(H2,22,24,25). The summed E-state index contributed by atoms with van der Waals surface area (Å²) < 4.78 is 0. The second-order valence-corrected chi connectivity index (χ2v) is 7.57. The molecule has 1 aliphatic heterocycles. The van der Waals surface area contributed by atoms with Crippen molar-refractivity contribution in [2.45, 2.75) is 45.2 Å². The maximum Gasteiger partial charge on any atom is 0.223 e. The molecule has 6 nitrogen and oxygen atoms in total. The quantitative estimate of drug-likeness (QED) is 0.371. The molecule has 0 radical (unpaired) electrons. The van der Waals surface area contributed by atoms with E-state index in [9.17, 15) is 4.79 Å². The van der Waals surface area contributed by atoms with E-state index in [2.05, 4.69) is 50.1 Å².